The van der Waals surface area contributed by atoms with Gasteiger partial charge in [-0.1, -0.05) is 30.3 Å². The lowest BCUT2D eigenvalue weighted by atomic mass is 9.98. The van der Waals surface area contributed by atoms with E-state index < -0.39 is 0 Å². The first-order chi connectivity index (χ1) is 10.3. The molecule has 2 N–H and O–H groups in total. The number of carbonyl (C=O) groups is 1. The molecule has 1 aliphatic rings. The second-order valence-corrected chi connectivity index (χ2v) is 5.84. The predicted molar refractivity (Wildman–Crippen MR) is 84.0 cm³/mol. The molecule has 0 saturated carbocycles. The third-order valence-electron chi connectivity index (χ3n) is 4.14. The van der Waals surface area contributed by atoms with Crippen LogP contribution < -0.4 is 5.32 Å². The maximum Gasteiger partial charge on any atom is 0.234 e. The Morgan fingerprint density at radius 1 is 1.24 bits per heavy atom. The van der Waals surface area contributed by atoms with Crippen molar-refractivity contribution in [3.63, 3.8) is 0 Å². The summed E-state index contributed by atoms with van der Waals surface area (Å²) in [7, 11) is 0. The van der Waals surface area contributed by atoms with E-state index in [-0.39, 0.29) is 12.5 Å². The van der Waals surface area contributed by atoms with E-state index in [2.05, 4.69) is 22.3 Å². The zero-order valence-electron chi connectivity index (χ0n) is 12.6. The Kier molecular flexibility index (Phi) is 6.70. The van der Waals surface area contributed by atoms with Crippen LogP contribution in [-0.4, -0.2) is 48.7 Å². The summed E-state index contributed by atoms with van der Waals surface area (Å²) < 4.78 is 0. The standard InChI is InChI=1S/C17H26N2O2/c20-14-16-8-11-19(12-9-16)13-17(21)18-10-4-7-15-5-2-1-3-6-15/h1-3,5-6,16,20H,4,7-14H2,(H,18,21). The number of benzene rings is 1. The highest BCUT2D eigenvalue weighted by molar-refractivity contribution is 5.77. The van der Waals surface area contributed by atoms with Gasteiger partial charge in [-0.05, 0) is 50.3 Å². The largest absolute Gasteiger partial charge is 0.396 e. The number of carbonyl (C=O) groups excluding carboxylic acids is 1. The monoisotopic (exact) mass is 290 g/mol. The van der Waals surface area contributed by atoms with E-state index in [0.29, 0.717) is 12.5 Å². The Balaban J connectivity index is 1.56. The number of nitrogens with one attached hydrogen (secondary N) is 1. The number of aliphatic hydroxyl groups is 1. The highest BCUT2D eigenvalue weighted by atomic mass is 16.3. The molecule has 0 unspecified atom stereocenters. The maximum atomic E-state index is 11.9. The van der Waals surface area contributed by atoms with Crippen LogP contribution in [0.5, 0.6) is 0 Å². The average Bonchev–Trinajstić information content (AvgIpc) is 2.53. The molecule has 4 nitrogen and oxygen atoms in total. The van der Waals surface area contributed by atoms with Crippen molar-refractivity contribution >= 4 is 5.91 Å². The smallest absolute Gasteiger partial charge is 0.234 e. The highest BCUT2D eigenvalue weighted by Gasteiger charge is 2.19. The predicted octanol–water partition coefficient (Wildman–Crippen LogP) is 1.44. The van der Waals surface area contributed by atoms with Crippen molar-refractivity contribution in [3.8, 4) is 0 Å². The van der Waals surface area contributed by atoms with Gasteiger partial charge in [0, 0.05) is 13.2 Å². The van der Waals surface area contributed by atoms with Crippen LogP contribution >= 0.6 is 0 Å². The summed E-state index contributed by atoms with van der Waals surface area (Å²) in [5, 5.41) is 12.1. The molecule has 1 saturated heterocycles. The lowest BCUT2D eigenvalue weighted by Crippen LogP contribution is -2.42. The van der Waals surface area contributed by atoms with Crippen LogP contribution in [0.15, 0.2) is 30.3 Å². The van der Waals surface area contributed by atoms with Crippen LogP contribution in [0.4, 0.5) is 0 Å². The quantitative estimate of drug-likeness (QED) is 0.747. The molecule has 1 aromatic rings. The molecule has 1 amide bonds. The molecule has 1 heterocycles. The molecule has 0 bridgehead atoms. The van der Waals surface area contributed by atoms with Gasteiger partial charge in [0.2, 0.25) is 5.91 Å². The fourth-order valence-corrected chi connectivity index (χ4v) is 2.75. The normalized spacial score (nSPS) is 16.8. The number of hydrogen-bond acceptors (Lipinski definition) is 3. The number of aliphatic hydroxyl groups excluding tert-OH is 1. The van der Waals surface area contributed by atoms with E-state index in [1.54, 1.807) is 0 Å². The van der Waals surface area contributed by atoms with Gasteiger partial charge >= 0.3 is 0 Å². The second kappa shape index (κ2) is 8.80. The lowest BCUT2D eigenvalue weighted by Gasteiger charge is -2.30. The van der Waals surface area contributed by atoms with Crippen molar-refractivity contribution < 1.29 is 9.90 Å². The molecule has 0 atom stereocenters. The molecule has 21 heavy (non-hydrogen) atoms. The van der Waals surface area contributed by atoms with Gasteiger partial charge in [-0.25, -0.2) is 0 Å². The van der Waals surface area contributed by atoms with Crippen LogP contribution in [-0.2, 0) is 11.2 Å². The Morgan fingerprint density at radius 3 is 2.62 bits per heavy atom. The molecule has 2 rings (SSSR count). The first kappa shape index (κ1) is 16.0. The van der Waals surface area contributed by atoms with E-state index in [1.807, 2.05) is 18.2 Å². The van der Waals surface area contributed by atoms with Crippen LogP contribution in [0.2, 0.25) is 0 Å². The number of aryl methyl sites for hydroxylation is 1. The Labute approximate surface area is 127 Å². The number of likely N-dealkylation sites (tertiary alicyclic amines) is 1. The minimum absolute atomic E-state index is 0.116. The van der Waals surface area contributed by atoms with E-state index in [1.165, 1.54) is 5.56 Å². The zero-order chi connectivity index (χ0) is 14.9. The summed E-state index contributed by atoms with van der Waals surface area (Å²) in [6.45, 7) is 3.34. The van der Waals surface area contributed by atoms with Gasteiger partial charge in [0.25, 0.3) is 0 Å². The molecule has 0 spiro atoms. The molecule has 116 valence electrons. The molecular formula is C17H26N2O2. The molecule has 1 aromatic carbocycles. The number of hydrogen-bond donors (Lipinski definition) is 2. The van der Waals surface area contributed by atoms with Gasteiger partial charge in [0.15, 0.2) is 0 Å². The fourth-order valence-electron chi connectivity index (χ4n) is 2.75. The summed E-state index contributed by atoms with van der Waals surface area (Å²) in [5.74, 6) is 0.542. The molecular weight excluding hydrogens is 264 g/mol. The molecule has 0 aromatic heterocycles. The SMILES string of the molecule is O=C(CN1CCC(CO)CC1)NCCCc1ccccc1. The van der Waals surface area contributed by atoms with Gasteiger partial charge in [0.1, 0.15) is 0 Å². The third-order valence-corrected chi connectivity index (χ3v) is 4.14. The number of piperidine rings is 1. The lowest BCUT2D eigenvalue weighted by molar-refractivity contribution is -0.122. The third kappa shape index (κ3) is 5.86. The zero-order valence-corrected chi connectivity index (χ0v) is 12.6. The average molecular weight is 290 g/mol. The number of amides is 1. The van der Waals surface area contributed by atoms with Crippen molar-refractivity contribution in [1.29, 1.82) is 0 Å². The summed E-state index contributed by atoms with van der Waals surface area (Å²) in [4.78, 5) is 14.1. The fraction of sp³-hybridized carbons (Fsp3) is 0.588. The summed E-state index contributed by atoms with van der Waals surface area (Å²) in [6, 6.07) is 10.3. The molecule has 4 heteroatoms. The van der Waals surface area contributed by atoms with Crippen molar-refractivity contribution in [2.45, 2.75) is 25.7 Å². The number of nitrogens with zero attached hydrogens (tertiary/aromatic N) is 1. The van der Waals surface area contributed by atoms with Crippen molar-refractivity contribution in [1.82, 2.24) is 10.2 Å². The number of rotatable bonds is 7. The Morgan fingerprint density at radius 2 is 1.95 bits per heavy atom. The second-order valence-electron chi connectivity index (χ2n) is 5.84. The van der Waals surface area contributed by atoms with Crippen LogP contribution in [0.3, 0.4) is 0 Å². The van der Waals surface area contributed by atoms with E-state index >= 15 is 0 Å². The minimum Gasteiger partial charge on any atom is -0.396 e. The summed E-state index contributed by atoms with van der Waals surface area (Å²) in [6.07, 6.45) is 3.97. The molecule has 0 radical (unpaired) electrons. The van der Waals surface area contributed by atoms with Gasteiger partial charge in [-0.2, -0.15) is 0 Å². The van der Waals surface area contributed by atoms with E-state index in [0.717, 1.165) is 45.3 Å². The van der Waals surface area contributed by atoms with Gasteiger partial charge < -0.3 is 10.4 Å². The van der Waals surface area contributed by atoms with Crippen LogP contribution in [0.25, 0.3) is 0 Å². The van der Waals surface area contributed by atoms with Gasteiger partial charge in [-0.15, -0.1) is 0 Å². The van der Waals surface area contributed by atoms with E-state index in [4.69, 9.17) is 5.11 Å². The molecule has 1 fully saturated rings. The van der Waals surface area contributed by atoms with E-state index in [9.17, 15) is 4.79 Å². The summed E-state index contributed by atoms with van der Waals surface area (Å²) in [5.41, 5.74) is 1.32. The van der Waals surface area contributed by atoms with Gasteiger partial charge in [-0.3, -0.25) is 9.69 Å². The first-order valence-electron chi connectivity index (χ1n) is 7.92. The first-order valence-corrected chi connectivity index (χ1v) is 7.92. The summed E-state index contributed by atoms with van der Waals surface area (Å²) >= 11 is 0. The van der Waals surface area contributed by atoms with Gasteiger partial charge in [0.05, 0.1) is 6.54 Å². The minimum atomic E-state index is 0.116. The van der Waals surface area contributed by atoms with Crippen LogP contribution in [0, 0.1) is 5.92 Å². The van der Waals surface area contributed by atoms with Crippen molar-refractivity contribution in [2.75, 3.05) is 32.8 Å². The topological polar surface area (TPSA) is 52.6 Å². The highest BCUT2D eigenvalue weighted by Crippen LogP contribution is 2.15. The Hall–Kier alpha value is -1.39. The molecule has 1 aliphatic heterocycles. The van der Waals surface area contributed by atoms with Crippen molar-refractivity contribution in [2.24, 2.45) is 5.92 Å². The van der Waals surface area contributed by atoms with Crippen LogP contribution in [0.1, 0.15) is 24.8 Å². The molecule has 0 aliphatic carbocycles. The Bertz CT molecular complexity index is 414. The van der Waals surface area contributed by atoms with Crippen molar-refractivity contribution in [3.05, 3.63) is 35.9 Å². The maximum absolute atomic E-state index is 11.9.